The molecule has 766 valence electrons. The fraction of sp³-hybridized carbons (Fsp3) is 0.472. The van der Waals surface area contributed by atoms with Crippen LogP contribution >= 0.6 is 12.4 Å². The standard InChI is InChI=1S/2C36H44N4O7.C28H34N2O6.C8H12N2O2.ClH/c2*1-6-40(29-9-12-47-20-32(29)45-5)30-18-24(23-7-8-27-28(17-23)39-35(43)36(27)10-13-46-14-11-36)16-25(22(30)3)33(41)37-19-26-31(44-4)15-21(2)38-34(26)42;1-4-30(23-7-10-36-16-25(23)34-3)24-15-19(13-20(17(24)2)26(31)32)18-5-6-21-22(14-18)29-27(33)28(21)8-11-35-12-9-28;1-5-3-7(12-2)6(4-9)8(11)10-5;/h2*7-8,15-18,29,32H,6,9-14,19-20H2,1-5H3,(H,37,41)(H,38,42)(H,39,43);5-6,13-15,23,25H,4,7-12,16H2,1-3H3,(H,29,33)(H,31,32);3H,4,9H2,1-2H3,(H,10,11);1H. The number of carboxylic acid groups (broad SMARTS) is 1. The summed E-state index contributed by atoms with van der Waals surface area (Å²) in [6, 6.07) is 35.4. The summed E-state index contributed by atoms with van der Waals surface area (Å²) in [4.78, 5) is 132. The number of nitrogens with zero attached hydrogens (tertiary/aromatic N) is 3. The SMILES string of the molecule is CCN(c1cc(-c2ccc3c(c2)NC(=O)C32CCOCC2)cc(C(=O)NCc2c(OC)cc(C)[nH]c2=O)c1C)C1CCOCC1OC.CCN(c1cc(-c2ccc3c(c2)NC(=O)C32CCOCC2)cc(C(=O)NCc2c(OC)cc(C)[nH]c2=O)c1C)C1CCOCC1OC.CCN(c1cc(-c2ccc3c(c2)NC(=O)C32CCOCC2)cc(C(=O)O)c1C)C1CCOCC1OC.COc1cc(C)[nH]c(=O)c1CN.Cl. The molecule has 11 N–H and O–H groups in total. The second-order valence-electron chi connectivity index (χ2n) is 37.6. The number of fused-ring (bicyclic) bond motifs is 6. The molecule has 9 aliphatic rings. The van der Waals surface area contributed by atoms with E-state index in [9.17, 15) is 48.3 Å². The molecule has 3 spiro atoms. The first-order chi connectivity index (χ1) is 68.5. The molecule has 35 heteroatoms. The van der Waals surface area contributed by atoms with Crippen molar-refractivity contribution in [3.8, 4) is 50.6 Å². The van der Waals surface area contributed by atoms with Gasteiger partial charge in [-0.2, -0.15) is 0 Å². The number of anilines is 6. The van der Waals surface area contributed by atoms with Gasteiger partial charge in [0.2, 0.25) is 17.7 Å². The highest BCUT2D eigenvalue weighted by atomic mass is 35.5. The summed E-state index contributed by atoms with van der Waals surface area (Å²) >= 11 is 0. The first-order valence-corrected chi connectivity index (χ1v) is 49.0. The van der Waals surface area contributed by atoms with Crippen molar-refractivity contribution in [1.29, 1.82) is 0 Å². The fourth-order valence-corrected chi connectivity index (χ4v) is 21.9. The summed E-state index contributed by atoms with van der Waals surface area (Å²) in [5.74, 6) is -0.135. The van der Waals surface area contributed by atoms with Crippen LogP contribution in [-0.2, 0) is 92.9 Å². The van der Waals surface area contributed by atoms with Crippen molar-refractivity contribution in [2.75, 3.05) is 172 Å². The number of nitrogens with one attached hydrogen (secondary N) is 8. The average molecular weight is 1990 g/mol. The van der Waals surface area contributed by atoms with E-state index in [4.69, 9.17) is 62.6 Å². The van der Waals surface area contributed by atoms with Crippen molar-refractivity contribution in [1.82, 2.24) is 25.6 Å². The lowest BCUT2D eigenvalue weighted by atomic mass is 9.75. The molecule has 9 aromatic rings. The van der Waals surface area contributed by atoms with Crippen LogP contribution in [0, 0.1) is 41.5 Å². The van der Waals surface area contributed by atoms with Gasteiger partial charge in [-0.05, 0) is 260 Å². The van der Waals surface area contributed by atoms with E-state index in [1.807, 2.05) is 87.5 Å². The summed E-state index contributed by atoms with van der Waals surface area (Å²) in [7, 11) is 9.63. The van der Waals surface area contributed by atoms with Crippen LogP contribution < -0.4 is 77.9 Å². The molecule has 5 amide bonds. The number of aromatic nitrogens is 3. The number of pyridine rings is 3. The van der Waals surface area contributed by atoms with Crippen LogP contribution in [0.5, 0.6) is 17.2 Å². The van der Waals surface area contributed by atoms with Crippen LogP contribution in [0.15, 0.2) is 124 Å². The van der Waals surface area contributed by atoms with Crippen molar-refractivity contribution < 1.29 is 90.7 Å². The van der Waals surface area contributed by atoms with Crippen molar-refractivity contribution in [2.45, 2.75) is 192 Å². The van der Waals surface area contributed by atoms with Crippen LogP contribution in [-0.4, -0.2) is 234 Å². The van der Waals surface area contributed by atoms with Gasteiger partial charge in [0.1, 0.15) is 35.6 Å². The van der Waals surface area contributed by atoms with Gasteiger partial charge in [-0.25, -0.2) is 4.79 Å². The Morgan fingerprint density at radius 3 is 0.958 bits per heavy atom. The summed E-state index contributed by atoms with van der Waals surface area (Å²) < 4.78 is 67.1. The van der Waals surface area contributed by atoms with Gasteiger partial charge in [0.05, 0.1) is 111 Å². The van der Waals surface area contributed by atoms with E-state index in [2.05, 4.69) is 95.2 Å². The minimum absolute atomic E-state index is 0. The van der Waals surface area contributed by atoms with Gasteiger partial charge < -0.3 is 124 Å². The highest BCUT2D eigenvalue weighted by molar-refractivity contribution is 6.10. The number of rotatable bonds is 26. The predicted molar refractivity (Wildman–Crippen MR) is 550 cm³/mol. The van der Waals surface area contributed by atoms with Gasteiger partial charge in [0.25, 0.3) is 28.5 Å². The minimum Gasteiger partial charge on any atom is -0.496 e. The monoisotopic (exact) mass is 1990 g/mol. The molecule has 6 atom stereocenters. The van der Waals surface area contributed by atoms with E-state index in [1.165, 1.54) is 21.3 Å². The molecule has 6 saturated heterocycles. The molecule has 6 aromatic carbocycles. The fourth-order valence-electron chi connectivity index (χ4n) is 21.9. The molecule has 3 aromatic heterocycles. The molecule has 0 aliphatic carbocycles. The van der Waals surface area contributed by atoms with Gasteiger partial charge in [-0.3, -0.25) is 38.4 Å². The number of H-pyrrole nitrogens is 3. The topological polar surface area (TPSA) is 428 Å². The summed E-state index contributed by atoms with van der Waals surface area (Å²) in [6.07, 6.45) is 5.94. The zero-order chi connectivity index (χ0) is 101. The summed E-state index contributed by atoms with van der Waals surface area (Å²) in [6.45, 7) is 26.4. The van der Waals surface area contributed by atoms with Crippen molar-refractivity contribution >= 4 is 82.0 Å². The van der Waals surface area contributed by atoms with Crippen LogP contribution in [0.4, 0.5) is 34.1 Å². The molecule has 34 nitrogen and oxygen atoms in total. The molecule has 6 fully saturated rings. The highest BCUT2D eigenvalue weighted by Gasteiger charge is 2.51. The van der Waals surface area contributed by atoms with Gasteiger partial charge in [0, 0.05) is 169 Å². The molecular formula is C108H135ClN12O22. The molecular weight excluding hydrogens is 1850 g/mol. The number of hydrogen-bond acceptors (Lipinski definition) is 25. The maximum Gasteiger partial charge on any atom is 0.336 e. The first-order valence-electron chi connectivity index (χ1n) is 49.0. The number of nitrogens with two attached hydrogens (primary N) is 1. The highest BCUT2D eigenvalue weighted by Crippen LogP contribution is 2.51. The lowest BCUT2D eigenvalue weighted by Crippen LogP contribution is -2.50. The lowest BCUT2D eigenvalue weighted by molar-refractivity contribution is -0.124. The van der Waals surface area contributed by atoms with Crippen LogP contribution in [0.1, 0.15) is 177 Å². The number of carbonyl (C=O) groups excluding carboxylic acids is 5. The molecule has 9 aliphatic heterocycles. The van der Waals surface area contributed by atoms with E-state index in [0.29, 0.717) is 194 Å². The molecule has 12 heterocycles. The second-order valence-corrected chi connectivity index (χ2v) is 37.6. The van der Waals surface area contributed by atoms with Crippen molar-refractivity contribution in [3.63, 3.8) is 0 Å². The Hall–Kier alpha value is -12.3. The lowest BCUT2D eigenvalue weighted by Gasteiger charge is -2.41. The van der Waals surface area contributed by atoms with Crippen LogP contribution in [0.3, 0.4) is 0 Å². The maximum absolute atomic E-state index is 14.0. The largest absolute Gasteiger partial charge is 0.496 e. The minimum atomic E-state index is -0.961. The third-order valence-electron chi connectivity index (χ3n) is 29.8. The number of carbonyl (C=O) groups is 6. The Morgan fingerprint density at radius 2 is 0.678 bits per heavy atom. The molecule has 0 bridgehead atoms. The quantitative estimate of drug-likeness (QED) is 0.0241. The third kappa shape index (κ3) is 21.8. The Kier molecular flexibility index (Phi) is 34.7. The Balaban J connectivity index is 0.000000161. The van der Waals surface area contributed by atoms with Gasteiger partial charge in [-0.15, -0.1) is 12.4 Å². The Labute approximate surface area is 838 Å². The molecule has 0 radical (unpaired) electrons. The van der Waals surface area contributed by atoms with Crippen LogP contribution in [0.2, 0.25) is 0 Å². The Morgan fingerprint density at radius 1 is 0.392 bits per heavy atom. The maximum atomic E-state index is 14.0. The second kappa shape index (κ2) is 46.6. The molecule has 6 unspecified atom stereocenters. The number of halogens is 1. The van der Waals surface area contributed by atoms with E-state index in [0.717, 1.165) is 126 Å². The molecule has 143 heavy (non-hydrogen) atoms. The van der Waals surface area contributed by atoms with E-state index < -0.39 is 22.2 Å². The number of aromatic amines is 3. The number of aryl methyl sites for hydroxylation is 3. The van der Waals surface area contributed by atoms with E-state index in [-0.39, 0.29) is 120 Å². The predicted octanol–water partition coefficient (Wildman–Crippen LogP) is 13.0. The van der Waals surface area contributed by atoms with Crippen molar-refractivity contribution in [3.05, 3.63) is 224 Å². The zero-order valence-corrected chi connectivity index (χ0v) is 85.1. The van der Waals surface area contributed by atoms with Crippen molar-refractivity contribution in [2.24, 2.45) is 5.73 Å². The number of aromatic carboxylic acids is 1. The summed E-state index contributed by atoms with van der Waals surface area (Å²) in [5, 5.41) is 25.3. The number of benzene rings is 6. The van der Waals surface area contributed by atoms with E-state index in [1.54, 1.807) is 66.4 Å². The zero-order valence-electron chi connectivity index (χ0n) is 84.3. The Bertz CT molecular complexity index is 6130. The van der Waals surface area contributed by atoms with Gasteiger partial charge in [0.15, 0.2) is 0 Å². The number of likely N-dealkylation sites (N-methyl/N-ethyl adjacent to an activating group) is 3. The number of methoxy groups -OCH3 is 6. The third-order valence-corrected chi connectivity index (χ3v) is 29.8. The average Bonchev–Trinajstić information content (AvgIpc) is 1.45. The van der Waals surface area contributed by atoms with Gasteiger partial charge >= 0.3 is 5.97 Å². The summed E-state index contributed by atoms with van der Waals surface area (Å²) in [5.41, 5.74) is 23.0. The number of carboxylic acids is 1. The smallest absolute Gasteiger partial charge is 0.336 e. The number of ether oxygens (including phenoxy) is 12. The van der Waals surface area contributed by atoms with Gasteiger partial charge in [-0.1, -0.05) is 36.4 Å². The molecule has 0 saturated carbocycles. The number of hydrogen-bond donors (Lipinski definition) is 10. The molecule has 18 rings (SSSR count). The number of amides is 5. The normalized spacial score (nSPS) is 19.8. The first kappa shape index (κ1) is 106. The van der Waals surface area contributed by atoms with E-state index >= 15 is 0 Å². The van der Waals surface area contributed by atoms with Crippen LogP contribution in [0.25, 0.3) is 33.4 Å².